The minimum atomic E-state index is -0.307. The number of hydrogen-bond acceptors (Lipinski definition) is 2. The van der Waals surface area contributed by atoms with Crippen molar-refractivity contribution in [3.8, 4) is 11.1 Å². The van der Waals surface area contributed by atoms with Gasteiger partial charge < -0.3 is 9.80 Å². The number of likely N-dealkylation sites (N-methyl/N-ethyl adjacent to an activating group) is 1. The zero-order valence-electron chi connectivity index (χ0n) is 13.5. The van der Waals surface area contributed by atoms with Crippen molar-refractivity contribution in [2.75, 3.05) is 26.7 Å². The fourth-order valence-corrected chi connectivity index (χ4v) is 2.81. The fourth-order valence-electron chi connectivity index (χ4n) is 2.81. The zero-order valence-corrected chi connectivity index (χ0v) is 13.5. The molecule has 0 atom stereocenters. The van der Waals surface area contributed by atoms with Gasteiger partial charge in [0, 0.05) is 38.7 Å². The molecule has 2 amide bonds. The Morgan fingerprint density at radius 1 is 1.00 bits per heavy atom. The van der Waals surface area contributed by atoms with Gasteiger partial charge in [0.15, 0.2) is 0 Å². The molecule has 1 aliphatic heterocycles. The van der Waals surface area contributed by atoms with Crippen LogP contribution in [0.15, 0.2) is 48.5 Å². The highest BCUT2D eigenvalue weighted by Gasteiger charge is 2.22. The molecule has 24 heavy (non-hydrogen) atoms. The van der Waals surface area contributed by atoms with Crippen molar-refractivity contribution in [1.29, 1.82) is 0 Å². The zero-order chi connectivity index (χ0) is 17.1. The number of hydrogen-bond donors (Lipinski definition) is 0. The highest BCUT2D eigenvalue weighted by molar-refractivity contribution is 5.96. The van der Waals surface area contributed by atoms with Crippen LogP contribution in [0.5, 0.6) is 0 Å². The van der Waals surface area contributed by atoms with Crippen LogP contribution in [0.2, 0.25) is 0 Å². The second-order valence-electron chi connectivity index (χ2n) is 5.95. The number of rotatable bonds is 2. The average molecular weight is 326 g/mol. The second kappa shape index (κ2) is 6.83. The van der Waals surface area contributed by atoms with E-state index in [1.54, 1.807) is 41.1 Å². The van der Waals surface area contributed by atoms with Crippen LogP contribution < -0.4 is 0 Å². The Kier molecular flexibility index (Phi) is 4.60. The van der Waals surface area contributed by atoms with Crippen LogP contribution in [0.3, 0.4) is 0 Å². The smallest absolute Gasteiger partial charge is 0.253 e. The van der Waals surface area contributed by atoms with E-state index in [0.717, 1.165) is 11.1 Å². The van der Waals surface area contributed by atoms with E-state index in [4.69, 9.17) is 0 Å². The lowest BCUT2D eigenvalue weighted by Gasteiger charge is -2.20. The summed E-state index contributed by atoms with van der Waals surface area (Å²) in [6.45, 7) is 1.48. The summed E-state index contributed by atoms with van der Waals surface area (Å²) in [6, 6.07) is 13.5. The molecular weight excluding hydrogens is 307 g/mol. The van der Waals surface area contributed by atoms with Crippen molar-refractivity contribution in [3.63, 3.8) is 0 Å². The van der Waals surface area contributed by atoms with Crippen LogP contribution in [0, 0.1) is 5.82 Å². The highest BCUT2D eigenvalue weighted by Crippen LogP contribution is 2.22. The molecule has 1 fully saturated rings. The number of amides is 2. The van der Waals surface area contributed by atoms with Gasteiger partial charge >= 0.3 is 0 Å². The van der Waals surface area contributed by atoms with Gasteiger partial charge in [-0.25, -0.2) is 4.39 Å². The lowest BCUT2D eigenvalue weighted by Crippen LogP contribution is -2.34. The van der Waals surface area contributed by atoms with Crippen LogP contribution in [0.4, 0.5) is 4.39 Å². The molecule has 0 unspecified atom stereocenters. The number of nitrogens with zero attached hydrogens (tertiary/aromatic N) is 2. The Morgan fingerprint density at radius 3 is 2.46 bits per heavy atom. The summed E-state index contributed by atoms with van der Waals surface area (Å²) >= 11 is 0. The first-order valence-corrected chi connectivity index (χ1v) is 7.94. The minimum Gasteiger partial charge on any atom is -0.344 e. The highest BCUT2D eigenvalue weighted by atomic mass is 19.1. The normalized spacial score (nSPS) is 15.3. The quantitative estimate of drug-likeness (QED) is 0.851. The molecule has 0 saturated carbocycles. The maximum absolute atomic E-state index is 13.4. The van der Waals surface area contributed by atoms with Crippen molar-refractivity contribution in [2.24, 2.45) is 0 Å². The van der Waals surface area contributed by atoms with Crippen molar-refractivity contribution in [1.82, 2.24) is 9.80 Å². The van der Waals surface area contributed by atoms with E-state index < -0.39 is 0 Å². The standard InChI is InChI=1S/C19H19FN2O2/c1-21-10-11-22(9-8-18(21)23)19(24)16-6-2-4-14(12-16)15-5-3-7-17(20)13-15/h2-7,12-13H,8-11H2,1H3. The predicted octanol–water partition coefficient (Wildman–Crippen LogP) is 2.80. The third kappa shape index (κ3) is 3.45. The van der Waals surface area contributed by atoms with E-state index in [1.165, 1.54) is 12.1 Å². The Hall–Kier alpha value is -2.69. The summed E-state index contributed by atoms with van der Waals surface area (Å²) in [5.74, 6) is -0.353. The molecule has 1 heterocycles. The third-order valence-corrected chi connectivity index (χ3v) is 4.28. The summed E-state index contributed by atoms with van der Waals surface area (Å²) in [6.07, 6.45) is 0.339. The van der Waals surface area contributed by atoms with Crippen molar-refractivity contribution in [2.45, 2.75) is 6.42 Å². The molecule has 3 rings (SSSR count). The molecule has 0 aromatic heterocycles. The van der Waals surface area contributed by atoms with Gasteiger partial charge in [0.1, 0.15) is 5.82 Å². The predicted molar refractivity (Wildman–Crippen MR) is 90.0 cm³/mol. The van der Waals surface area contributed by atoms with E-state index in [2.05, 4.69) is 0 Å². The Bertz CT molecular complexity index is 775. The van der Waals surface area contributed by atoms with E-state index in [0.29, 0.717) is 31.6 Å². The van der Waals surface area contributed by atoms with Crippen molar-refractivity contribution < 1.29 is 14.0 Å². The second-order valence-corrected chi connectivity index (χ2v) is 5.95. The molecule has 2 aromatic carbocycles. The van der Waals surface area contributed by atoms with Gasteiger partial charge in [-0.3, -0.25) is 9.59 Å². The molecular formula is C19H19FN2O2. The van der Waals surface area contributed by atoms with Gasteiger partial charge in [0.2, 0.25) is 5.91 Å². The van der Waals surface area contributed by atoms with Gasteiger partial charge in [0.25, 0.3) is 5.91 Å². The maximum atomic E-state index is 13.4. The van der Waals surface area contributed by atoms with E-state index in [9.17, 15) is 14.0 Å². The first-order chi connectivity index (χ1) is 11.5. The monoisotopic (exact) mass is 326 g/mol. The molecule has 1 saturated heterocycles. The van der Waals surface area contributed by atoms with Crippen LogP contribution in [0.1, 0.15) is 16.8 Å². The number of halogens is 1. The Balaban J connectivity index is 1.83. The third-order valence-electron chi connectivity index (χ3n) is 4.28. The molecule has 0 bridgehead atoms. The summed E-state index contributed by atoms with van der Waals surface area (Å²) in [4.78, 5) is 27.8. The Labute approximate surface area is 140 Å². The van der Waals surface area contributed by atoms with Gasteiger partial charge in [-0.05, 0) is 35.4 Å². The number of benzene rings is 2. The van der Waals surface area contributed by atoms with Crippen molar-refractivity contribution in [3.05, 3.63) is 59.9 Å². The number of carbonyl (C=O) groups is 2. The molecule has 0 spiro atoms. The van der Waals surface area contributed by atoms with E-state index >= 15 is 0 Å². The van der Waals surface area contributed by atoms with Gasteiger partial charge in [-0.2, -0.15) is 0 Å². The molecule has 1 aliphatic rings. The van der Waals surface area contributed by atoms with Crippen LogP contribution in [0.25, 0.3) is 11.1 Å². The molecule has 2 aromatic rings. The summed E-state index contributed by atoms with van der Waals surface area (Å²) in [5.41, 5.74) is 2.08. The topological polar surface area (TPSA) is 40.6 Å². The van der Waals surface area contributed by atoms with Gasteiger partial charge in [0.05, 0.1) is 0 Å². The first kappa shape index (κ1) is 16.2. The molecule has 0 radical (unpaired) electrons. The number of carbonyl (C=O) groups excluding carboxylic acids is 2. The molecule has 4 nitrogen and oxygen atoms in total. The summed E-state index contributed by atoms with van der Waals surface area (Å²) < 4.78 is 13.4. The van der Waals surface area contributed by atoms with E-state index in [-0.39, 0.29) is 17.6 Å². The van der Waals surface area contributed by atoms with Gasteiger partial charge in [-0.1, -0.05) is 24.3 Å². The van der Waals surface area contributed by atoms with Crippen LogP contribution in [-0.4, -0.2) is 48.3 Å². The van der Waals surface area contributed by atoms with Crippen molar-refractivity contribution >= 4 is 11.8 Å². The fraction of sp³-hybridized carbons (Fsp3) is 0.263. The largest absolute Gasteiger partial charge is 0.344 e. The van der Waals surface area contributed by atoms with Crippen LogP contribution >= 0.6 is 0 Å². The Morgan fingerprint density at radius 2 is 1.71 bits per heavy atom. The lowest BCUT2D eigenvalue weighted by atomic mass is 10.0. The lowest BCUT2D eigenvalue weighted by molar-refractivity contribution is -0.129. The average Bonchev–Trinajstić information content (AvgIpc) is 2.76. The summed E-state index contributed by atoms with van der Waals surface area (Å²) in [7, 11) is 1.75. The van der Waals surface area contributed by atoms with E-state index in [1.807, 2.05) is 12.1 Å². The SMILES string of the molecule is CN1CCN(C(=O)c2cccc(-c3cccc(F)c3)c2)CCC1=O. The van der Waals surface area contributed by atoms with Crippen LogP contribution in [-0.2, 0) is 4.79 Å². The molecule has 5 heteroatoms. The first-order valence-electron chi connectivity index (χ1n) is 7.94. The maximum Gasteiger partial charge on any atom is 0.253 e. The molecule has 124 valence electrons. The van der Waals surface area contributed by atoms with Gasteiger partial charge in [-0.15, -0.1) is 0 Å². The summed E-state index contributed by atoms with van der Waals surface area (Å²) in [5, 5.41) is 0. The molecule has 0 N–H and O–H groups in total. The molecule has 0 aliphatic carbocycles. The minimum absolute atomic E-state index is 0.0545.